The predicted octanol–water partition coefficient (Wildman–Crippen LogP) is 4.33. The first-order chi connectivity index (χ1) is 10.6. The van der Waals surface area contributed by atoms with Crippen molar-refractivity contribution in [2.45, 2.75) is 26.7 Å². The summed E-state index contributed by atoms with van der Waals surface area (Å²) in [4.78, 5) is 11.7. The quantitative estimate of drug-likeness (QED) is 0.335. The molecule has 3 nitrogen and oxygen atoms in total. The number of allylic oxidation sites excluding steroid dienone is 10. The van der Waals surface area contributed by atoms with Crippen molar-refractivity contribution in [3.8, 4) is 6.07 Å². The first kappa shape index (κ1) is 17.5. The maximum Gasteiger partial charge on any atom is 0.334 e. The molecule has 22 heavy (non-hydrogen) atoms. The Balaban J connectivity index is 3.38. The van der Waals surface area contributed by atoms with Crippen LogP contribution in [0.25, 0.3) is 0 Å². The lowest BCUT2D eigenvalue weighted by Gasteiger charge is -2.14. The van der Waals surface area contributed by atoms with E-state index in [1.54, 1.807) is 18.2 Å². The van der Waals surface area contributed by atoms with Crippen LogP contribution in [0, 0.1) is 11.3 Å². The SMILES string of the molecule is C=C/C=C(C(\C#N)=C/C)/C1=C/C=C(/C(=O)OC)C/C=C(/C)C1. The molecule has 3 heteroatoms. The van der Waals surface area contributed by atoms with Gasteiger partial charge in [-0.2, -0.15) is 5.26 Å². The summed E-state index contributed by atoms with van der Waals surface area (Å²) >= 11 is 0. The molecule has 114 valence electrons. The van der Waals surface area contributed by atoms with Gasteiger partial charge in [-0.25, -0.2) is 4.79 Å². The zero-order valence-electron chi connectivity index (χ0n) is 13.3. The number of ether oxygens (including phenoxy) is 1. The van der Waals surface area contributed by atoms with Crippen LogP contribution in [0.15, 0.2) is 70.9 Å². The van der Waals surface area contributed by atoms with Crippen molar-refractivity contribution >= 4 is 5.97 Å². The van der Waals surface area contributed by atoms with Crippen molar-refractivity contribution in [2.75, 3.05) is 7.11 Å². The van der Waals surface area contributed by atoms with Gasteiger partial charge in [0.05, 0.1) is 18.8 Å². The maximum absolute atomic E-state index is 11.7. The summed E-state index contributed by atoms with van der Waals surface area (Å²) in [5, 5.41) is 9.30. The molecule has 1 aliphatic rings. The average Bonchev–Trinajstić information content (AvgIpc) is 2.51. The molecule has 0 heterocycles. The Morgan fingerprint density at radius 1 is 1.41 bits per heavy atom. The largest absolute Gasteiger partial charge is 0.466 e. The van der Waals surface area contributed by atoms with Crippen LogP contribution in [0.3, 0.4) is 0 Å². The van der Waals surface area contributed by atoms with Crippen molar-refractivity contribution in [2.24, 2.45) is 0 Å². The number of esters is 1. The molecule has 1 aliphatic carbocycles. The first-order valence-electron chi connectivity index (χ1n) is 7.10. The highest BCUT2D eigenvalue weighted by atomic mass is 16.5. The molecule has 0 atom stereocenters. The average molecular weight is 295 g/mol. The third kappa shape index (κ3) is 4.46. The molecule has 0 radical (unpaired) electrons. The van der Waals surface area contributed by atoms with Gasteiger partial charge in [-0.3, -0.25) is 0 Å². The summed E-state index contributed by atoms with van der Waals surface area (Å²) in [6.07, 6.45) is 12.2. The fourth-order valence-electron chi connectivity index (χ4n) is 2.22. The smallest absolute Gasteiger partial charge is 0.334 e. The second-order valence-electron chi connectivity index (χ2n) is 4.94. The minimum atomic E-state index is -0.331. The van der Waals surface area contributed by atoms with Gasteiger partial charge < -0.3 is 4.74 Å². The van der Waals surface area contributed by atoms with E-state index in [0.717, 1.165) is 23.1 Å². The van der Waals surface area contributed by atoms with E-state index >= 15 is 0 Å². The lowest BCUT2D eigenvalue weighted by Crippen LogP contribution is -2.05. The van der Waals surface area contributed by atoms with Crippen LogP contribution >= 0.6 is 0 Å². The predicted molar refractivity (Wildman–Crippen MR) is 88.8 cm³/mol. The molecule has 0 amide bonds. The van der Waals surface area contributed by atoms with Crippen molar-refractivity contribution in [1.29, 1.82) is 5.26 Å². The maximum atomic E-state index is 11.7. The van der Waals surface area contributed by atoms with Gasteiger partial charge in [-0.05, 0) is 37.8 Å². The van der Waals surface area contributed by atoms with Crippen molar-refractivity contribution in [3.05, 3.63) is 70.9 Å². The first-order valence-corrected chi connectivity index (χ1v) is 7.10. The fourth-order valence-corrected chi connectivity index (χ4v) is 2.22. The second-order valence-corrected chi connectivity index (χ2v) is 4.94. The van der Waals surface area contributed by atoms with Gasteiger partial charge in [-0.1, -0.05) is 48.6 Å². The Hall–Kier alpha value is -2.60. The molecule has 0 bridgehead atoms. The summed E-state index contributed by atoms with van der Waals surface area (Å²) < 4.78 is 4.79. The molecule has 0 N–H and O–H groups in total. The number of carbonyl (C=O) groups is 1. The summed E-state index contributed by atoms with van der Waals surface area (Å²) in [5.41, 5.74) is 4.13. The standard InChI is InChI=1S/C19H21NO2/c1-5-7-18(15(6-2)13-20)17-11-10-16(19(21)22-4)9-8-14(3)12-17/h5-8,10-11H,1,9,12H2,2-4H3/b14-8-,15-6-,16-10+,17-11+,18-7+. The van der Waals surface area contributed by atoms with Crippen molar-refractivity contribution < 1.29 is 9.53 Å². The van der Waals surface area contributed by atoms with Crippen LogP contribution in [0.4, 0.5) is 0 Å². The van der Waals surface area contributed by atoms with Crippen LogP contribution < -0.4 is 0 Å². The topological polar surface area (TPSA) is 50.1 Å². The summed E-state index contributed by atoms with van der Waals surface area (Å²) in [6, 6.07) is 2.20. The summed E-state index contributed by atoms with van der Waals surface area (Å²) in [5.74, 6) is -0.331. The molecule has 1 rings (SSSR count). The number of nitriles is 1. The van der Waals surface area contributed by atoms with Crippen molar-refractivity contribution in [3.63, 3.8) is 0 Å². The minimum absolute atomic E-state index is 0.331. The minimum Gasteiger partial charge on any atom is -0.466 e. The molecule has 0 aliphatic heterocycles. The normalized spacial score (nSPS) is 23.5. The van der Waals surface area contributed by atoms with E-state index in [2.05, 4.69) is 12.6 Å². The van der Waals surface area contributed by atoms with Crippen LogP contribution in [-0.4, -0.2) is 13.1 Å². The third-order valence-corrected chi connectivity index (χ3v) is 3.40. The molecular formula is C19H21NO2. The Morgan fingerprint density at radius 2 is 2.09 bits per heavy atom. The lowest BCUT2D eigenvalue weighted by molar-refractivity contribution is -0.136. The van der Waals surface area contributed by atoms with Crippen LogP contribution in [-0.2, 0) is 9.53 Å². The highest BCUT2D eigenvalue weighted by Crippen LogP contribution is 2.28. The van der Waals surface area contributed by atoms with Gasteiger partial charge in [0.1, 0.15) is 0 Å². The van der Waals surface area contributed by atoms with Crippen LogP contribution in [0.1, 0.15) is 26.7 Å². The van der Waals surface area contributed by atoms with Crippen molar-refractivity contribution in [1.82, 2.24) is 0 Å². The molecule has 0 aromatic rings. The van der Waals surface area contributed by atoms with Gasteiger partial charge >= 0.3 is 5.97 Å². The third-order valence-electron chi connectivity index (χ3n) is 3.40. The summed E-state index contributed by atoms with van der Waals surface area (Å²) in [6.45, 7) is 7.57. The van der Waals surface area contributed by atoms with Gasteiger partial charge in [-0.15, -0.1) is 0 Å². The highest BCUT2D eigenvalue weighted by Gasteiger charge is 2.14. The Labute approximate surface area is 132 Å². The van der Waals surface area contributed by atoms with Crippen LogP contribution in [0.5, 0.6) is 0 Å². The molecule has 0 spiro atoms. The number of carbonyl (C=O) groups excluding carboxylic acids is 1. The lowest BCUT2D eigenvalue weighted by atomic mass is 9.90. The zero-order chi connectivity index (χ0) is 16.5. The van der Waals surface area contributed by atoms with E-state index in [0.29, 0.717) is 17.6 Å². The second kappa shape index (κ2) is 8.63. The van der Waals surface area contributed by atoms with Gasteiger partial charge in [0, 0.05) is 5.57 Å². The number of nitrogens with zero attached hydrogens (tertiary/aromatic N) is 1. The monoisotopic (exact) mass is 295 g/mol. The Morgan fingerprint density at radius 3 is 2.64 bits per heavy atom. The number of hydrogen-bond acceptors (Lipinski definition) is 3. The fraction of sp³-hybridized carbons (Fsp3) is 0.263. The molecule has 0 saturated carbocycles. The number of rotatable bonds is 4. The van der Waals surface area contributed by atoms with Crippen LogP contribution in [0.2, 0.25) is 0 Å². The van der Waals surface area contributed by atoms with Gasteiger partial charge in [0.15, 0.2) is 0 Å². The van der Waals surface area contributed by atoms with E-state index < -0.39 is 0 Å². The molecule has 0 aromatic carbocycles. The van der Waals surface area contributed by atoms with E-state index in [-0.39, 0.29) is 5.97 Å². The van der Waals surface area contributed by atoms with E-state index in [1.807, 2.05) is 32.1 Å². The molecule has 0 unspecified atom stereocenters. The number of hydrogen-bond donors (Lipinski definition) is 0. The van der Waals surface area contributed by atoms with E-state index in [4.69, 9.17) is 4.74 Å². The van der Waals surface area contributed by atoms with E-state index in [9.17, 15) is 10.1 Å². The molecule has 0 fully saturated rings. The Bertz CT molecular complexity index is 649. The Kier molecular flexibility index (Phi) is 6.85. The summed E-state index contributed by atoms with van der Waals surface area (Å²) in [7, 11) is 1.37. The van der Waals surface area contributed by atoms with Gasteiger partial charge in [0.2, 0.25) is 0 Å². The zero-order valence-corrected chi connectivity index (χ0v) is 13.3. The molecule has 0 saturated heterocycles. The molecule has 0 aromatic heterocycles. The number of methoxy groups -OCH3 is 1. The van der Waals surface area contributed by atoms with E-state index in [1.165, 1.54) is 7.11 Å². The molecular weight excluding hydrogens is 274 g/mol. The highest BCUT2D eigenvalue weighted by molar-refractivity contribution is 5.89. The van der Waals surface area contributed by atoms with Gasteiger partial charge in [0.25, 0.3) is 0 Å².